The Labute approximate surface area is 160 Å². The van der Waals surface area contributed by atoms with Crippen molar-refractivity contribution in [3.05, 3.63) is 76.0 Å². The molecule has 0 radical (unpaired) electrons. The molecule has 144 valence electrons. The lowest BCUT2D eigenvalue weighted by molar-refractivity contribution is -0.384. The third kappa shape index (κ3) is 6.37. The molecular formula is C19H17N3O6. The second-order valence-corrected chi connectivity index (χ2v) is 5.58. The molecule has 2 rings (SSSR count). The summed E-state index contributed by atoms with van der Waals surface area (Å²) in [7, 11) is 0. The van der Waals surface area contributed by atoms with Crippen LogP contribution in [0.4, 0.5) is 11.4 Å². The van der Waals surface area contributed by atoms with E-state index in [1.807, 2.05) is 0 Å². The molecule has 0 aromatic heterocycles. The zero-order chi connectivity index (χ0) is 20.5. The number of nitro groups is 1. The minimum absolute atomic E-state index is 0.123. The molecule has 0 heterocycles. The van der Waals surface area contributed by atoms with Crippen molar-refractivity contribution in [2.75, 3.05) is 11.9 Å². The van der Waals surface area contributed by atoms with Crippen LogP contribution in [-0.4, -0.2) is 29.3 Å². The van der Waals surface area contributed by atoms with E-state index in [9.17, 15) is 24.5 Å². The number of nitrogens with one attached hydrogen (secondary N) is 2. The zero-order valence-electron chi connectivity index (χ0n) is 14.9. The molecule has 28 heavy (non-hydrogen) atoms. The van der Waals surface area contributed by atoms with Crippen LogP contribution in [-0.2, 0) is 19.1 Å². The van der Waals surface area contributed by atoms with Crippen molar-refractivity contribution >= 4 is 35.2 Å². The van der Waals surface area contributed by atoms with Gasteiger partial charge in [0.2, 0.25) is 5.91 Å². The average Bonchev–Trinajstić information content (AvgIpc) is 2.66. The molecule has 2 aromatic carbocycles. The van der Waals surface area contributed by atoms with Crippen molar-refractivity contribution in [3.8, 4) is 0 Å². The Morgan fingerprint density at radius 1 is 1.11 bits per heavy atom. The Balaban J connectivity index is 2.00. The maximum absolute atomic E-state index is 12.2. The molecule has 0 unspecified atom stereocenters. The van der Waals surface area contributed by atoms with Gasteiger partial charge in [0.1, 0.15) is 5.70 Å². The summed E-state index contributed by atoms with van der Waals surface area (Å²) in [5, 5.41) is 15.5. The maximum Gasteiger partial charge on any atom is 0.355 e. The minimum Gasteiger partial charge on any atom is -0.451 e. The zero-order valence-corrected chi connectivity index (χ0v) is 14.9. The van der Waals surface area contributed by atoms with Crippen molar-refractivity contribution in [2.45, 2.75) is 6.92 Å². The van der Waals surface area contributed by atoms with Crippen molar-refractivity contribution in [3.63, 3.8) is 0 Å². The molecule has 0 saturated carbocycles. The lowest BCUT2D eigenvalue weighted by Crippen LogP contribution is -2.28. The molecule has 0 aliphatic carbocycles. The number of rotatable bonds is 7. The number of nitrogens with zero attached hydrogens (tertiary/aromatic N) is 1. The minimum atomic E-state index is -0.895. The van der Waals surface area contributed by atoms with Crippen molar-refractivity contribution in [2.24, 2.45) is 0 Å². The normalized spacial score (nSPS) is 10.7. The first-order valence-corrected chi connectivity index (χ1v) is 8.11. The van der Waals surface area contributed by atoms with Crippen molar-refractivity contribution < 1.29 is 24.0 Å². The van der Waals surface area contributed by atoms with Crippen LogP contribution >= 0.6 is 0 Å². The first-order chi connectivity index (χ1) is 13.3. The van der Waals surface area contributed by atoms with Crippen LogP contribution in [0.15, 0.2) is 60.3 Å². The van der Waals surface area contributed by atoms with Gasteiger partial charge in [-0.25, -0.2) is 4.79 Å². The third-order valence-electron chi connectivity index (χ3n) is 3.32. The van der Waals surface area contributed by atoms with E-state index in [-0.39, 0.29) is 17.1 Å². The summed E-state index contributed by atoms with van der Waals surface area (Å²) in [4.78, 5) is 45.6. The van der Waals surface area contributed by atoms with Gasteiger partial charge in [0, 0.05) is 24.7 Å². The number of benzene rings is 2. The Hall–Kier alpha value is -4.01. The molecule has 0 aliphatic heterocycles. The molecule has 9 heteroatoms. The van der Waals surface area contributed by atoms with E-state index >= 15 is 0 Å². The highest BCUT2D eigenvalue weighted by molar-refractivity contribution is 5.99. The molecule has 0 atom stereocenters. The lowest BCUT2D eigenvalue weighted by atomic mass is 10.2. The van der Waals surface area contributed by atoms with Gasteiger partial charge in [0.05, 0.1) is 4.92 Å². The van der Waals surface area contributed by atoms with Gasteiger partial charge in [-0.3, -0.25) is 19.7 Å². The molecule has 0 fully saturated rings. The van der Waals surface area contributed by atoms with Crippen LogP contribution in [0, 0.1) is 10.1 Å². The molecule has 0 saturated heterocycles. The summed E-state index contributed by atoms with van der Waals surface area (Å²) in [5.74, 6) is -2.05. The first kappa shape index (κ1) is 20.3. The number of amides is 2. The van der Waals surface area contributed by atoms with Gasteiger partial charge in [0.15, 0.2) is 6.61 Å². The van der Waals surface area contributed by atoms with Crippen LogP contribution in [0.2, 0.25) is 0 Å². The Morgan fingerprint density at radius 3 is 2.46 bits per heavy atom. The van der Waals surface area contributed by atoms with Crippen molar-refractivity contribution in [1.29, 1.82) is 0 Å². The summed E-state index contributed by atoms with van der Waals surface area (Å²) < 4.78 is 4.92. The largest absolute Gasteiger partial charge is 0.451 e. The molecule has 9 nitrogen and oxygen atoms in total. The number of esters is 1. The van der Waals surface area contributed by atoms with Crippen LogP contribution in [0.1, 0.15) is 12.5 Å². The number of anilines is 1. The van der Waals surface area contributed by atoms with Crippen LogP contribution in [0.3, 0.4) is 0 Å². The van der Waals surface area contributed by atoms with Crippen molar-refractivity contribution in [1.82, 2.24) is 5.32 Å². The Kier molecular flexibility index (Phi) is 6.98. The highest BCUT2D eigenvalue weighted by Crippen LogP contribution is 2.16. The topological polar surface area (TPSA) is 128 Å². The fraction of sp³-hybridized carbons (Fsp3) is 0.105. The summed E-state index contributed by atoms with van der Waals surface area (Å²) >= 11 is 0. The predicted molar refractivity (Wildman–Crippen MR) is 101 cm³/mol. The quantitative estimate of drug-likeness (QED) is 0.327. The fourth-order valence-corrected chi connectivity index (χ4v) is 2.15. The molecule has 0 spiro atoms. The van der Waals surface area contributed by atoms with E-state index in [1.54, 1.807) is 30.3 Å². The average molecular weight is 383 g/mol. The number of carbonyl (C=O) groups is 3. The summed E-state index contributed by atoms with van der Waals surface area (Å²) in [6, 6.07) is 14.1. The molecule has 0 aliphatic rings. The van der Waals surface area contributed by atoms with E-state index in [2.05, 4.69) is 10.6 Å². The highest BCUT2D eigenvalue weighted by atomic mass is 16.6. The SMILES string of the molecule is CC(=O)N/C(=C/c1ccccc1)C(=O)OCC(=O)Nc1cccc([N+](=O)[O-])c1. The molecule has 0 bridgehead atoms. The smallest absolute Gasteiger partial charge is 0.355 e. The van der Waals surface area contributed by atoms with E-state index in [4.69, 9.17) is 4.74 Å². The number of hydrogen-bond donors (Lipinski definition) is 2. The van der Waals surface area contributed by atoms with E-state index < -0.39 is 29.3 Å². The van der Waals surface area contributed by atoms with Gasteiger partial charge in [-0.2, -0.15) is 0 Å². The number of nitro benzene ring substituents is 1. The predicted octanol–water partition coefficient (Wildman–Crippen LogP) is 2.25. The molecule has 2 amide bonds. The Bertz CT molecular complexity index is 924. The number of non-ortho nitro benzene ring substituents is 1. The molecular weight excluding hydrogens is 366 g/mol. The van der Waals surface area contributed by atoms with Gasteiger partial charge in [-0.1, -0.05) is 36.4 Å². The van der Waals surface area contributed by atoms with Gasteiger partial charge in [0.25, 0.3) is 11.6 Å². The van der Waals surface area contributed by atoms with Crippen LogP contribution < -0.4 is 10.6 Å². The van der Waals surface area contributed by atoms with E-state index in [0.29, 0.717) is 5.56 Å². The number of hydrogen-bond acceptors (Lipinski definition) is 6. The second-order valence-electron chi connectivity index (χ2n) is 5.58. The van der Waals surface area contributed by atoms with Gasteiger partial charge in [-0.15, -0.1) is 0 Å². The number of ether oxygens (including phenoxy) is 1. The summed E-state index contributed by atoms with van der Waals surface area (Å²) in [6.07, 6.45) is 1.42. The monoisotopic (exact) mass is 383 g/mol. The standard InChI is InChI=1S/C19H17N3O6/c1-13(23)20-17(10-14-6-3-2-4-7-14)19(25)28-12-18(24)21-15-8-5-9-16(11-15)22(26)27/h2-11H,12H2,1H3,(H,20,23)(H,21,24)/b17-10+. The van der Waals surface area contributed by atoms with Gasteiger partial charge >= 0.3 is 5.97 Å². The summed E-state index contributed by atoms with van der Waals surface area (Å²) in [6.45, 7) is 0.606. The Morgan fingerprint density at radius 2 is 1.82 bits per heavy atom. The van der Waals surface area contributed by atoms with Gasteiger partial charge in [-0.05, 0) is 17.7 Å². The highest BCUT2D eigenvalue weighted by Gasteiger charge is 2.15. The van der Waals surface area contributed by atoms with Crippen LogP contribution in [0.5, 0.6) is 0 Å². The van der Waals surface area contributed by atoms with E-state index in [0.717, 1.165) is 0 Å². The number of carbonyl (C=O) groups excluding carboxylic acids is 3. The second kappa shape index (κ2) is 9.62. The molecule has 2 N–H and O–H groups in total. The van der Waals surface area contributed by atoms with Crippen LogP contribution in [0.25, 0.3) is 6.08 Å². The molecule has 2 aromatic rings. The van der Waals surface area contributed by atoms with Gasteiger partial charge < -0.3 is 15.4 Å². The third-order valence-corrected chi connectivity index (χ3v) is 3.32. The first-order valence-electron chi connectivity index (χ1n) is 8.11. The lowest BCUT2D eigenvalue weighted by Gasteiger charge is -2.09. The fourth-order valence-electron chi connectivity index (χ4n) is 2.15. The maximum atomic E-state index is 12.2. The van der Waals surface area contributed by atoms with E-state index in [1.165, 1.54) is 37.3 Å². The summed E-state index contributed by atoms with van der Waals surface area (Å²) in [5.41, 5.74) is 0.539.